The molecule has 0 saturated carbocycles. The maximum atomic E-state index is 13.8. The third-order valence-corrected chi connectivity index (χ3v) is 7.47. The van der Waals surface area contributed by atoms with Gasteiger partial charge in [0.05, 0.1) is 18.8 Å². The molecular weight excluding hydrogens is 526 g/mol. The highest BCUT2D eigenvalue weighted by molar-refractivity contribution is 9.10. The van der Waals surface area contributed by atoms with Crippen molar-refractivity contribution in [2.24, 2.45) is 0 Å². The molecule has 1 aliphatic carbocycles. The highest BCUT2D eigenvalue weighted by Gasteiger charge is 2.42. The van der Waals surface area contributed by atoms with Crippen molar-refractivity contribution in [3.05, 3.63) is 74.5 Å². The summed E-state index contributed by atoms with van der Waals surface area (Å²) in [5, 5.41) is 3.39. The maximum Gasteiger partial charge on any atom is 0.337 e. The molecular formula is C28H28BrNO6. The average molecular weight is 554 g/mol. The molecule has 0 unspecified atom stereocenters. The normalized spacial score (nSPS) is 20.9. The molecule has 0 aromatic heterocycles. The van der Waals surface area contributed by atoms with Crippen molar-refractivity contribution in [1.29, 1.82) is 0 Å². The molecule has 0 spiro atoms. The molecule has 188 valence electrons. The second kappa shape index (κ2) is 9.65. The number of carbonyl (C=O) groups is 2. The third-order valence-electron chi connectivity index (χ3n) is 6.78. The van der Waals surface area contributed by atoms with Crippen molar-refractivity contribution >= 4 is 27.7 Å². The second-order valence-corrected chi connectivity index (χ2v) is 10.3. The van der Waals surface area contributed by atoms with Gasteiger partial charge in [-0.3, -0.25) is 4.79 Å². The third kappa shape index (κ3) is 4.39. The van der Waals surface area contributed by atoms with Crippen molar-refractivity contribution in [3.8, 4) is 17.2 Å². The Balaban J connectivity index is 1.60. The Hall–Kier alpha value is -3.26. The van der Waals surface area contributed by atoms with E-state index in [2.05, 4.69) is 21.2 Å². The smallest absolute Gasteiger partial charge is 0.337 e. The minimum atomic E-state index is -0.597. The van der Waals surface area contributed by atoms with E-state index in [1.165, 1.54) is 0 Å². The summed E-state index contributed by atoms with van der Waals surface area (Å²) < 4.78 is 22.8. The van der Waals surface area contributed by atoms with Crippen molar-refractivity contribution in [3.63, 3.8) is 0 Å². The predicted octanol–water partition coefficient (Wildman–Crippen LogP) is 5.50. The Bertz CT molecular complexity index is 1290. The van der Waals surface area contributed by atoms with E-state index >= 15 is 0 Å². The number of nitrogens with one attached hydrogen (secondary N) is 1. The van der Waals surface area contributed by atoms with Crippen LogP contribution < -0.4 is 19.5 Å². The fourth-order valence-corrected chi connectivity index (χ4v) is 5.72. The standard InChI is InChI=1S/C28H28BrNO6/c1-14(2)36-28(32)25-15(3)30-21-9-17(16-5-7-18(33-4)8-6-16)10-22(31)27(21)26(25)19-11-23-24(12-20(19)29)35-13-34-23/h5-8,11-12,14,17,26,30H,9-10,13H2,1-4H3/t17-,26-/m0/s1. The van der Waals surface area contributed by atoms with Crippen LogP contribution in [-0.4, -0.2) is 31.8 Å². The lowest BCUT2D eigenvalue weighted by molar-refractivity contribution is -0.143. The molecule has 36 heavy (non-hydrogen) atoms. The molecule has 2 aromatic rings. The van der Waals surface area contributed by atoms with Crippen LogP contribution in [0.1, 0.15) is 56.6 Å². The molecule has 2 heterocycles. The fourth-order valence-electron chi connectivity index (χ4n) is 5.16. The van der Waals surface area contributed by atoms with Crippen molar-refractivity contribution in [2.75, 3.05) is 13.9 Å². The molecule has 2 atom stereocenters. The number of hydrogen-bond donors (Lipinski definition) is 1. The Labute approximate surface area is 218 Å². The number of Topliss-reactive ketones (excluding diaryl/α,β-unsaturated/α-hetero) is 1. The van der Waals surface area contributed by atoms with Crippen LogP contribution in [0.25, 0.3) is 0 Å². The van der Waals surface area contributed by atoms with Crippen LogP contribution in [0.5, 0.6) is 17.2 Å². The zero-order valence-corrected chi connectivity index (χ0v) is 22.2. The molecule has 0 amide bonds. The first-order valence-electron chi connectivity index (χ1n) is 11.9. The number of fused-ring (bicyclic) bond motifs is 1. The lowest BCUT2D eigenvalue weighted by Gasteiger charge is -2.37. The first-order valence-corrected chi connectivity index (χ1v) is 12.7. The van der Waals surface area contributed by atoms with E-state index in [1.54, 1.807) is 7.11 Å². The highest BCUT2D eigenvalue weighted by Crippen LogP contribution is 2.49. The quantitative estimate of drug-likeness (QED) is 0.489. The molecule has 0 fully saturated rings. The van der Waals surface area contributed by atoms with Crippen LogP contribution in [0.3, 0.4) is 0 Å². The van der Waals surface area contributed by atoms with Gasteiger partial charge >= 0.3 is 5.97 Å². The summed E-state index contributed by atoms with van der Waals surface area (Å²) in [5.41, 5.74) is 4.38. The molecule has 0 saturated heterocycles. The zero-order chi connectivity index (χ0) is 25.6. The molecule has 5 rings (SSSR count). The second-order valence-electron chi connectivity index (χ2n) is 9.47. The average Bonchev–Trinajstić information content (AvgIpc) is 3.29. The monoisotopic (exact) mass is 553 g/mol. The SMILES string of the molecule is COc1ccc([C@@H]2CC(=O)C3=C(C2)NC(C)=C(C(=O)OC(C)C)[C@@H]3c2cc3c(cc2Br)OCO3)cc1. The van der Waals surface area contributed by atoms with Gasteiger partial charge in [0.2, 0.25) is 6.79 Å². The van der Waals surface area contributed by atoms with Gasteiger partial charge in [0.1, 0.15) is 5.75 Å². The van der Waals surface area contributed by atoms with E-state index < -0.39 is 11.9 Å². The summed E-state index contributed by atoms with van der Waals surface area (Å²) >= 11 is 3.66. The van der Waals surface area contributed by atoms with Gasteiger partial charge in [-0.15, -0.1) is 0 Å². The number of esters is 1. The van der Waals surface area contributed by atoms with Gasteiger partial charge in [0, 0.05) is 33.8 Å². The van der Waals surface area contributed by atoms with Crippen LogP contribution in [0, 0.1) is 0 Å². The Morgan fingerprint density at radius 1 is 1.11 bits per heavy atom. The number of rotatable bonds is 5. The van der Waals surface area contributed by atoms with E-state index in [9.17, 15) is 9.59 Å². The predicted molar refractivity (Wildman–Crippen MR) is 137 cm³/mol. The van der Waals surface area contributed by atoms with Gasteiger partial charge in [-0.05, 0) is 68.5 Å². The lowest BCUT2D eigenvalue weighted by Crippen LogP contribution is -2.36. The number of halogens is 1. The van der Waals surface area contributed by atoms with Crippen LogP contribution in [0.2, 0.25) is 0 Å². The minimum absolute atomic E-state index is 0.00137. The van der Waals surface area contributed by atoms with Crippen molar-refractivity contribution < 1.29 is 28.5 Å². The first kappa shape index (κ1) is 24.4. The minimum Gasteiger partial charge on any atom is -0.497 e. The number of hydrogen-bond acceptors (Lipinski definition) is 7. The Morgan fingerprint density at radius 3 is 2.47 bits per heavy atom. The number of ether oxygens (including phenoxy) is 4. The molecule has 8 heteroatoms. The van der Waals surface area contributed by atoms with Gasteiger partial charge in [-0.25, -0.2) is 4.79 Å². The van der Waals surface area contributed by atoms with Gasteiger partial charge in [0.15, 0.2) is 17.3 Å². The van der Waals surface area contributed by atoms with E-state index in [-0.39, 0.29) is 24.6 Å². The Kier molecular flexibility index (Phi) is 6.55. The summed E-state index contributed by atoms with van der Waals surface area (Å²) in [6.45, 7) is 5.61. The lowest BCUT2D eigenvalue weighted by atomic mass is 9.71. The van der Waals surface area contributed by atoms with Crippen LogP contribution >= 0.6 is 15.9 Å². The van der Waals surface area contributed by atoms with Crippen LogP contribution in [0.15, 0.2) is 63.4 Å². The topological polar surface area (TPSA) is 83.1 Å². The molecule has 2 aromatic carbocycles. The molecule has 3 aliphatic rings. The fraction of sp³-hybridized carbons (Fsp3) is 0.357. The number of carbonyl (C=O) groups excluding carboxylic acids is 2. The first-order chi connectivity index (χ1) is 17.3. The molecule has 7 nitrogen and oxygen atoms in total. The number of benzene rings is 2. The molecule has 0 bridgehead atoms. The van der Waals surface area contributed by atoms with Gasteiger partial charge < -0.3 is 24.3 Å². The van der Waals surface area contributed by atoms with E-state index in [0.29, 0.717) is 41.2 Å². The zero-order valence-electron chi connectivity index (χ0n) is 20.6. The summed E-state index contributed by atoms with van der Waals surface area (Å²) in [6, 6.07) is 11.5. The van der Waals surface area contributed by atoms with Gasteiger partial charge in [0.25, 0.3) is 0 Å². The Morgan fingerprint density at radius 2 is 1.81 bits per heavy atom. The summed E-state index contributed by atoms with van der Waals surface area (Å²) in [4.78, 5) is 27.1. The summed E-state index contributed by atoms with van der Waals surface area (Å²) in [6.07, 6.45) is 0.697. The molecule has 1 N–H and O–H groups in total. The largest absolute Gasteiger partial charge is 0.497 e. The highest BCUT2D eigenvalue weighted by atomic mass is 79.9. The van der Waals surface area contributed by atoms with Crippen LogP contribution in [-0.2, 0) is 14.3 Å². The van der Waals surface area contributed by atoms with E-state index in [1.807, 2.05) is 57.2 Å². The number of ketones is 1. The summed E-state index contributed by atoms with van der Waals surface area (Å²) in [5.74, 6) is 0.963. The van der Waals surface area contributed by atoms with Crippen molar-refractivity contribution in [1.82, 2.24) is 5.32 Å². The maximum absolute atomic E-state index is 13.8. The van der Waals surface area contributed by atoms with Gasteiger partial charge in [-0.1, -0.05) is 28.1 Å². The van der Waals surface area contributed by atoms with E-state index in [0.717, 1.165) is 27.0 Å². The number of dihydropyridines is 1. The summed E-state index contributed by atoms with van der Waals surface area (Å²) in [7, 11) is 1.63. The number of methoxy groups -OCH3 is 1. The van der Waals surface area contributed by atoms with Crippen LogP contribution in [0.4, 0.5) is 0 Å². The molecule has 0 radical (unpaired) electrons. The number of allylic oxidation sites excluding steroid dienone is 3. The van der Waals surface area contributed by atoms with Crippen molar-refractivity contribution in [2.45, 2.75) is 51.6 Å². The molecule has 2 aliphatic heterocycles. The van der Waals surface area contributed by atoms with Gasteiger partial charge in [-0.2, -0.15) is 0 Å². The van der Waals surface area contributed by atoms with E-state index in [4.69, 9.17) is 18.9 Å².